The summed E-state index contributed by atoms with van der Waals surface area (Å²) >= 11 is 0. The van der Waals surface area contributed by atoms with Gasteiger partial charge in [-0.05, 0) is 58.4 Å². The molecule has 0 saturated carbocycles. The summed E-state index contributed by atoms with van der Waals surface area (Å²) in [4.78, 5) is 26.1. The highest BCUT2D eigenvalue weighted by molar-refractivity contribution is 6.03. The molecule has 0 atom stereocenters. The number of nitrogens with one attached hydrogen (secondary N) is 1. The Balaban J connectivity index is 1.85. The van der Waals surface area contributed by atoms with Crippen LogP contribution in [0.5, 0.6) is 0 Å². The number of hydrazone groups is 1. The molecule has 3 aromatic rings. The van der Waals surface area contributed by atoms with Crippen LogP contribution in [0.15, 0.2) is 48.1 Å². The predicted molar refractivity (Wildman–Crippen MR) is 125 cm³/mol. The monoisotopic (exact) mass is 435 g/mol. The molecule has 0 radical (unpaired) electrons. The topological polar surface area (TPSA) is 140 Å². The molecule has 168 valence electrons. The standard InChI is InChI=1S/C22H29N9O/c1-13(2)30-11-19(26-12-30)16-9-18(25-10-15(16)5)22(32)28-20-8-6-7-17(27-20)21(29-23)31(24)14(3)4/h6-14H,23-24H2,1-5H3,(H,27,28,32)/b29-21-. The van der Waals surface area contributed by atoms with Crippen molar-refractivity contribution in [2.45, 2.75) is 46.7 Å². The third kappa shape index (κ3) is 4.92. The molecule has 0 unspecified atom stereocenters. The van der Waals surface area contributed by atoms with Gasteiger partial charge < -0.3 is 15.7 Å². The fourth-order valence-electron chi connectivity index (χ4n) is 3.00. The highest BCUT2D eigenvalue weighted by Crippen LogP contribution is 2.23. The third-order valence-corrected chi connectivity index (χ3v) is 4.95. The molecule has 0 aliphatic rings. The fraction of sp³-hybridized carbons (Fsp3) is 0.318. The Labute approximate surface area is 187 Å². The normalized spacial score (nSPS) is 11.8. The van der Waals surface area contributed by atoms with E-state index in [0.717, 1.165) is 16.8 Å². The first-order valence-corrected chi connectivity index (χ1v) is 10.3. The number of anilines is 1. The molecule has 0 saturated heterocycles. The van der Waals surface area contributed by atoms with E-state index >= 15 is 0 Å². The molecule has 0 aromatic carbocycles. The lowest BCUT2D eigenvalue weighted by Crippen LogP contribution is -2.44. The Morgan fingerprint density at radius 2 is 1.94 bits per heavy atom. The molecule has 0 spiro atoms. The fourth-order valence-corrected chi connectivity index (χ4v) is 3.00. The SMILES string of the molecule is Cc1cnc(C(=O)Nc2cccc(/C(=N/N)N(N)C(C)C)n2)cc1-c1cn(C(C)C)cn1. The van der Waals surface area contributed by atoms with E-state index in [1.54, 1.807) is 36.8 Å². The minimum absolute atomic E-state index is 0.0355. The number of aryl methyl sites for hydroxylation is 1. The van der Waals surface area contributed by atoms with E-state index in [2.05, 4.69) is 39.2 Å². The van der Waals surface area contributed by atoms with E-state index in [-0.39, 0.29) is 17.6 Å². The molecule has 3 rings (SSSR count). The number of hydrogen-bond donors (Lipinski definition) is 3. The first-order chi connectivity index (χ1) is 15.2. The zero-order chi connectivity index (χ0) is 23.4. The zero-order valence-electron chi connectivity index (χ0n) is 18.9. The van der Waals surface area contributed by atoms with Gasteiger partial charge in [-0.3, -0.25) is 14.8 Å². The first kappa shape index (κ1) is 22.9. The van der Waals surface area contributed by atoms with E-state index in [4.69, 9.17) is 11.7 Å². The summed E-state index contributed by atoms with van der Waals surface area (Å²) in [5, 5.41) is 7.94. The Bertz CT molecular complexity index is 1130. The van der Waals surface area contributed by atoms with Crippen LogP contribution in [0.2, 0.25) is 0 Å². The lowest BCUT2D eigenvalue weighted by molar-refractivity contribution is 0.102. The molecule has 0 aliphatic carbocycles. The van der Waals surface area contributed by atoms with Crippen molar-refractivity contribution < 1.29 is 4.79 Å². The number of amidine groups is 1. The van der Waals surface area contributed by atoms with Crippen molar-refractivity contribution in [1.82, 2.24) is 24.5 Å². The highest BCUT2D eigenvalue weighted by Gasteiger charge is 2.17. The summed E-state index contributed by atoms with van der Waals surface area (Å²) in [5.41, 5.74) is 3.26. The predicted octanol–water partition coefficient (Wildman–Crippen LogP) is 2.69. The zero-order valence-corrected chi connectivity index (χ0v) is 18.9. The van der Waals surface area contributed by atoms with E-state index in [9.17, 15) is 4.79 Å². The molecule has 3 aromatic heterocycles. The van der Waals surface area contributed by atoms with Crippen molar-refractivity contribution in [2.75, 3.05) is 5.32 Å². The largest absolute Gasteiger partial charge is 0.334 e. The average Bonchev–Trinajstić information content (AvgIpc) is 3.25. The molecular weight excluding hydrogens is 406 g/mol. The summed E-state index contributed by atoms with van der Waals surface area (Å²) in [5.74, 6) is 11.8. The number of nitrogens with zero attached hydrogens (tertiary/aromatic N) is 6. The van der Waals surface area contributed by atoms with E-state index in [0.29, 0.717) is 23.4 Å². The second-order valence-corrected chi connectivity index (χ2v) is 8.00. The number of amides is 1. The van der Waals surface area contributed by atoms with Crippen molar-refractivity contribution in [3.63, 3.8) is 0 Å². The summed E-state index contributed by atoms with van der Waals surface area (Å²) < 4.78 is 2.01. The van der Waals surface area contributed by atoms with Gasteiger partial charge in [0.2, 0.25) is 0 Å². The number of hydrogen-bond acceptors (Lipinski definition) is 7. The van der Waals surface area contributed by atoms with Gasteiger partial charge in [0, 0.05) is 30.0 Å². The smallest absolute Gasteiger partial charge is 0.275 e. The Hall–Kier alpha value is -3.79. The number of carbonyl (C=O) groups excluding carboxylic acids is 1. The van der Waals surface area contributed by atoms with E-state index in [1.165, 1.54) is 5.01 Å². The van der Waals surface area contributed by atoms with Gasteiger partial charge in [-0.15, -0.1) is 0 Å². The van der Waals surface area contributed by atoms with Gasteiger partial charge in [-0.1, -0.05) is 6.07 Å². The third-order valence-electron chi connectivity index (χ3n) is 4.95. The van der Waals surface area contributed by atoms with Crippen molar-refractivity contribution in [2.24, 2.45) is 16.8 Å². The van der Waals surface area contributed by atoms with Gasteiger partial charge >= 0.3 is 0 Å². The van der Waals surface area contributed by atoms with Crippen molar-refractivity contribution in [1.29, 1.82) is 0 Å². The number of rotatable bonds is 6. The maximum Gasteiger partial charge on any atom is 0.275 e. The Kier molecular flexibility index (Phi) is 6.84. The Morgan fingerprint density at radius 3 is 2.56 bits per heavy atom. The van der Waals surface area contributed by atoms with Crippen LogP contribution in [0.1, 0.15) is 55.5 Å². The maximum atomic E-state index is 12.9. The summed E-state index contributed by atoms with van der Waals surface area (Å²) in [6, 6.07) is 7.12. The number of aromatic nitrogens is 4. The molecule has 10 nitrogen and oxygen atoms in total. The molecule has 5 N–H and O–H groups in total. The average molecular weight is 436 g/mol. The molecule has 10 heteroatoms. The Morgan fingerprint density at radius 1 is 1.19 bits per heavy atom. The number of carbonyl (C=O) groups is 1. The molecule has 1 amide bonds. The van der Waals surface area contributed by atoms with Gasteiger partial charge in [0.25, 0.3) is 5.91 Å². The van der Waals surface area contributed by atoms with Gasteiger partial charge in [0.1, 0.15) is 17.2 Å². The molecule has 3 heterocycles. The van der Waals surface area contributed by atoms with Gasteiger partial charge in [-0.25, -0.2) is 15.8 Å². The molecule has 32 heavy (non-hydrogen) atoms. The van der Waals surface area contributed by atoms with Crippen LogP contribution in [0.3, 0.4) is 0 Å². The van der Waals surface area contributed by atoms with Crippen molar-refractivity contribution in [3.05, 3.63) is 59.9 Å². The summed E-state index contributed by atoms with van der Waals surface area (Å²) in [6.45, 7) is 9.90. The first-order valence-electron chi connectivity index (χ1n) is 10.3. The van der Waals surface area contributed by atoms with Gasteiger partial charge in [-0.2, -0.15) is 5.10 Å². The quantitative estimate of drug-likeness (QED) is 0.234. The van der Waals surface area contributed by atoms with Crippen LogP contribution in [-0.4, -0.2) is 42.3 Å². The van der Waals surface area contributed by atoms with Crippen molar-refractivity contribution >= 4 is 17.6 Å². The number of nitrogens with two attached hydrogens (primary N) is 2. The summed E-state index contributed by atoms with van der Waals surface area (Å²) in [6.07, 6.45) is 5.40. The van der Waals surface area contributed by atoms with E-state index in [1.807, 2.05) is 31.5 Å². The molecule has 0 bridgehead atoms. The van der Waals surface area contributed by atoms with Crippen LogP contribution in [0, 0.1) is 6.92 Å². The number of hydrazine groups is 1. The molecule has 0 fully saturated rings. The minimum atomic E-state index is -0.390. The van der Waals surface area contributed by atoms with E-state index < -0.39 is 0 Å². The van der Waals surface area contributed by atoms with Crippen LogP contribution in [0.25, 0.3) is 11.3 Å². The van der Waals surface area contributed by atoms with Crippen LogP contribution in [-0.2, 0) is 0 Å². The lowest BCUT2D eigenvalue weighted by Gasteiger charge is -2.23. The minimum Gasteiger partial charge on any atom is -0.334 e. The second kappa shape index (κ2) is 9.56. The van der Waals surface area contributed by atoms with Crippen LogP contribution < -0.4 is 17.0 Å². The molecular formula is C22H29N9O. The van der Waals surface area contributed by atoms with Crippen LogP contribution >= 0.6 is 0 Å². The van der Waals surface area contributed by atoms with Gasteiger partial charge in [0.05, 0.1) is 12.0 Å². The maximum absolute atomic E-state index is 12.9. The summed E-state index contributed by atoms with van der Waals surface area (Å²) in [7, 11) is 0. The van der Waals surface area contributed by atoms with Crippen LogP contribution in [0.4, 0.5) is 5.82 Å². The number of pyridine rings is 2. The highest BCUT2D eigenvalue weighted by atomic mass is 16.1. The number of imidazole rings is 1. The lowest BCUT2D eigenvalue weighted by atomic mass is 10.1. The molecule has 0 aliphatic heterocycles. The second-order valence-electron chi connectivity index (χ2n) is 8.00. The van der Waals surface area contributed by atoms with Gasteiger partial charge in [0.15, 0.2) is 5.84 Å². The van der Waals surface area contributed by atoms with Crippen molar-refractivity contribution in [3.8, 4) is 11.3 Å².